The van der Waals surface area contributed by atoms with E-state index in [1.165, 1.54) is 12.3 Å². The number of amides is 1. The zero-order valence-electron chi connectivity index (χ0n) is 11.7. The van der Waals surface area contributed by atoms with Crippen LogP contribution in [0, 0.1) is 0 Å². The molecule has 1 amide bonds. The number of carbonyl (C=O) groups excluding carboxylic acids is 2. The van der Waals surface area contributed by atoms with Gasteiger partial charge in [0.2, 0.25) is 0 Å². The first kappa shape index (κ1) is 15.5. The largest absolute Gasteiger partial charge is 0.547 e. The lowest BCUT2D eigenvalue weighted by Gasteiger charge is -2.27. The Bertz CT molecular complexity index is 784. The molecule has 0 spiro atoms. The van der Waals surface area contributed by atoms with E-state index in [-0.39, 0.29) is 4.32 Å². The summed E-state index contributed by atoms with van der Waals surface area (Å²) < 4.78 is 5.35. The Morgan fingerprint density at radius 3 is 2.61 bits per heavy atom. The second-order valence-electron chi connectivity index (χ2n) is 4.70. The molecule has 0 aliphatic carbocycles. The summed E-state index contributed by atoms with van der Waals surface area (Å²) in [4.78, 5) is 25.5. The zero-order valence-corrected chi connectivity index (χ0v) is 13.3. The van der Waals surface area contributed by atoms with Crippen LogP contribution in [-0.4, -0.2) is 21.1 Å². The van der Waals surface area contributed by atoms with Gasteiger partial charge in [-0.15, -0.1) is 0 Å². The van der Waals surface area contributed by atoms with E-state index in [0.717, 1.165) is 16.7 Å². The van der Waals surface area contributed by atoms with Crippen molar-refractivity contribution in [1.82, 2.24) is 4.90 Å². The molecule has 1 aliphatic heterocycles. The second kappa shape index (κ2) is 6.39. The predicted octanol–water partition coefficient (Wildman–Crippen LogP) is 1.97. The van der Waals surface area contributed by atoms with Crippen LogP contribution < -0.4 is 5.11 Å². The Morgan fingerprint density at radius 1 is 1.26 bits per heavy atom. The molecule has 23 heavy (non-hydrogen) atoms. The molecule has 1 aliphatic rings. The predicted molar refractivity (Wildman–Crippen MR) is 87.9 cm³/mol. The maximum atomic E-state index is 12.6. The van der Waals surface area contributed by atoms with Gasteiger partial charge in [0, 0.05) is 6.08 Å². The number of benzene rings is 1. The number of thioether (sulfide) groups is 1. The lowest BCUT2D eigenvalue weighted by molar-refractivity contribution is -0.310. The van der Waals surface area contributed by atoms with Crippen molar-refractivity contribution in [2.24, 2.45) is 0 Å². The number of rotatable bonds is 4. The molecule has 0 N–H and O–H groups in total. The average Bonchev–Trinajstić information content (AvgIpc) is 3.12. The van der Waals surface area contributed by atoms with Gasteiger partial charge in [-0.25, -0.2) is 0 Å². The van der Waals surface area contributed by atoms with Crippen molar-refractivity contribution in [2.45, 2.75) is 6.04 Å². The molecule has 1 aromatic carbocycles. The summed E-state index contributed by atoms with van der Waals surface area (Å²) >= 11 is 6.23. The normalized spacial score (nSPS) is 17.7. The number of hydrogen-bond acceptors (Lipinski definition) is 6. The van der Waals surface area contributed by atoms with Crippen LogP contribution in [-0.2, 0) is 9.59 Å². The van der Waals surface area contributed by atoms with Gasteiger partial charge in [-0.05, 0) is 17.7 Å². The molecule has 5 nitrogen and oxygen atoms in total. The molecule has 0 radical (unpaired) electrons. The van der Waals surface area contributed by atoms with E-state index in [2.05, 4.69) is 0 Å². The minimum absolute atomic E-state index is 0.172. The monoisotopic (exact) mass is 344 g/mol. The Morgan fingerprint density at radius 2 is 2.00 bits per heavy atom. The van der Waals surface area contributed by atoms with E-state index in [4.69, 9.17) is 16.6 Å². The molecule has 1 saturated heterocycles. The highest BCUT2D eigenvalue weighted by atomic mass is 32.2. The van der Waals surface area contributed by atoms with E-state index in [9.17, 15) is 14.7 Å². The van der Waals surface area contributed by atoms with E-state index >= 15 is 0 Å². The Hall–Kier alpha value is -2.38. The number of furan rings is 1. The SMILES string of the molecule is O=C([O-])[C@H](c1ccccc1)N1C(=O)C(=Cc2ccco2)SC1=S. The van der Waals surface area contributed by atoms with Crippen molar-refractivity contribution < 1.29 is 19.1 Å². The minimum atomic E-state index is -1.38. The van der Waals surface area contributed by atoms with Gasteiger partial charge in [0.1, 0.15) is 16.1 Å². The average molecular weight is 344 g/mol. The maximum Gasteiger partial charge on any atom is 0.267 e. The quantitative estimate of drug-likeness (QED) is 0.624. The molecule has 0 unspecified atom stereocenters. The van der Waals surface area contributed by atoms with Crippen LogP contribution >= 0.6 is 24.0 Å². The molecule has 3 rings (SSSR count). The summed E-state index contributed by atoms with van der Waals surface area (Å²) in [5, 5.41) is 11.6. The van der Waals surface area contributed by atoms with Gasteiger partial charge < -0.3 is 14.3 Å². The molecule has 2 heterocycles. The van der Waals surface area contributed by atoms with Crippen LogP contribution in [0.1, 0.15) is 17.4 Å². The van der Waals surface area contributed by atoms with Gasteiger partial charge in [-0.2, -0.15) is 0 Å². The van der Waals surface area contributed by atoms with Crippen molar-refractivity contribution in [3.05, 3.63) is 65.0 Å². The summed E-state index contributed by atoms with van der Waals surface area (Å²) in [5.41, 5.74) is 0.433. The lowest BCUT2D eigenvalue weighted by Crippen LogP contribution is -2.43. The number of aliphatic carboxylic acids is 1. The van der Waals surface area contributed by atoms with Gasteiger partial charge in [-0.3, -0.25) is 9.69 Å². The molecule has 116 valence electrons. The van der Waals surface area contributed by atoms with Gasteiger partial charge in [-0.1, -0.05) is 54.3 Å². The number of nitrogens with zero attached hydrogens (tertiary/aromatic N) is 1. The van der Waals surface area contributed by atoms with Crippen molar-refractivity contribution in [1.29, 1.82) is 0 Å². The fraction of sp³-hybridized carbons (Fsp3) is 0.0625. The third-order valence-electron chi connectivity index (χ3n) is 3.24. The topological polar surface area (TPSA) is 73.6 Å². The van der Waals surface area contributed by atoms with Crippen molar-refractivity contribution in [2.75, 3.05) is 0 Å². The second-order valence-corrected chi connectivity index (χ2v) is 6.38. The van der Waals surface area contributed by atoms with Crippen LogP contribution in [0.2, 0.25) is 0 Å². The molecule has 0 saturated carbocycles. The zero-order chi connectivity index (χ0) is 16.4. The lowest BCUT2D eigenvalue weighted by atomic mass is 10.1. The van der Waals surface area contributed by atoms with Crippen molar-refractivity contribution in [3.63, 3.8) is 0 Å². The van der Waals surface area contributed by atoms with Crippen LogP contribution in [0.15, 0.2) is 58.1 Å². The molecule has 1 atom stereocenters. The van der Waals surface area contributed by atoms with E-state index in [0.29, 0.717) is 16.2 Å². The number of carboxylic acids is 1. The number of carboxylic acid groups (broad SMARTS) is 1. The smallest absolute Gasteiger partial charge is 0.267 e. The van der Waals surface area contributed by atoms with E-state index < -0.39 is 17.9 Å². The first-order valence-electron chi connectivity index (χ1n) is 6.64. The molecule has 2 aromatic rings. The third-order valence-corrected chi connectivity index (χ3v) is 4.57. The van der Waals surface area contributed by atoms with E-state index in [1.807, 2.05) is 0 Å². The fourth-order valence-corrected chi connectivity index (χ4v) is 3.52. The summed E-state index contributed by atoms with van der Waals surface area (Å²) in [6.07, 6.45) is 3.02. The number of thiocarbonyl (C=S) groups is 1. The van der Waals surface area contributed by atoms with Crippen molar-refractivity contribution in [3.8, 4) is 0 Å². The fourth-order valence-electron chi connectivity index (χ4n) is 2.23. The Balaban J connectivity index is 1.97. The molecule has 1 aromatic heterocycles. The molecule has 7 heteroatoms. The summed E-state index contributed by atoms with van der Waals surface area (Å²) in [6, 6.07) is 10.5. The molecular formula is C16H10NO4S2-. The van der Waals surface area contributed by atoms with Crippen LogP contribution in [0.25, 0.3) is 6.08 Å². The van der Waals surface area contributed by atoms with Gasteiger partial charge >= 0.3 is 0 Å². The first-order valence-corrected chi connectivity index (χ1v) is 7.87. The van der Waals surface area contributed by atoms with Gasteiger partial charge in [0.25, 0.3) is 5.91 Å². The summed E-state index contributed by atoms with van der Waals surface area (Å²) in [5.74, 6) is -1.36. The first-order chi connectivity index (χ1) is 11.1. The van der Waals surface area contributed by atoms with Crippen LogP contribution in [0.4, 0.5) is 0 Å². The minimum Gasteiger partial charge on any atom is -0.547 e. The highest BCUT2D eigenvalue weighted by Crippen LogP contribution is 2.38. The highest BCUT2D eigenvalue weighted by Gasteiger charge is 2.38. The Kier molecular flexibility index (Phi) is 4.31. The number of carbonyl (C=O) groups is 2. The summed E-state index contributed by atoms with van der Waals surface area (Å²) in [7, 11) is 0. The third kappa shape index (κ3) is 3.06. The van der Waals surface area contributed by atoms with Crippen LogP contribution in [0.5, 0.6) is 0 Å². The highest BCUT2D eigenvalue weighted by molar-refractivity contribution is 8.26. The van der Waals surface area contributed by atoms with Crippen LogP contribution in [0.3, 0.4) is 0 Å². The molecule has 1 fully saturated rings. The molecule has 0 bridgehead atoms. The standard InChI is InChI=1S/C16H11NO4S2/c18-14-12(9-11-7-4-8-21-11)23-16(22)17(14)13(15(19)20)10-5-2-1-3-6-10/h1-9,13H,(H,19,20)/p-1/t13-/m0/s1. The molecular weight excluding hydrogens is 334 g/mol. The van der Waals surface area contributed by atoms with Gasteiger partial charge in [0.15, 0.2) is 0 Å². The number of hydrogen-bond donors (Lipinski definition) is 0. The van der Waals surface area contributed by atoms with E-state index in [1.54, 1.807) is 42.5 Å². The van der Waals surface area contributed by atoms with Crippen molar-refractivity contribution >= 4 is 46.3 Å². The Labute approximate surface area is 141 Å². The summed E-state index contributed by atoms with van der Waals surface area (Å²) in [6.45, 7) is 0. The maximum absolute atomic E-state index is 12.6. The van der Waals surface area contributed by atoms with Gasteiger partial charge in [0.05, 0.1) is 17.1 Å².